The fraction of sp³-hybridized carbons (Fsp3) is 0.500. The van der Waals surface area contributed by atoms with Gasteiger partial charge in [-0.25, -0.2) is 13.1 Å². The van der Waals surface area contributed by atoms with Crippen molar-refractivity contribution in [1.82, 2.24) is 4.72 Å². The zero-order valence-electron chi connectivity index (χ0n) is 11.8. The van der Waals surface area contributed by atoms with Crippen LogP contribution in [0.2, 0.25) is 0 Å². The molecule has 0 fully saturated rings. The summed E-state index contributed by atoms with van der Waals surface area (Å²) in [5.74, 6) is -0.265. The monoisotopic (exact) mass is 296 g/mol. The number of benzene rings is 1. The van der Waals surface area contributed by atoms with E-state index in [1.807, 2.05) is 13.0 Å². The molecule has 1 atom stereocenters. The molecule has 0 heterocycles. The number of hydrogen-bond acceptors (Lipinski definition) is 4. The van der Waals surface area contributed by atoms with Crippen LogP contribution in [0, 0.1) is 11.3 Å². The van der Waals surface area contributed by atoms with Gasteiger partial charge in [0.25, 0.3) is 0 Å². The van der Waals surface area contributed by atoms with E-state index in [0.29, 0.717) is 17.5 Å². The normalized spacial score (nSPS) is 14.5. The minimum absolute atomic E-state index is 0.0299. The number of hydrogen-bond donors (Lipinski definition) is 2. The number of aliphatic hydroxyl groups is 1. The molecular weight excluding hydrogens is 276 g/mol. The minimum atomic E-state index is -3.58. The van der Waals surface area contributed by atoms with Gasteiger partial charge in [0, 0.05) is 6.54 Å². The Hall–Kier alpha value is -1.42. The maximum atomic E-state index is 12.0. The lowest BCUT2D eigenvalue weighted by Crippen LogP contribution is -2.40. The van der Waals surface area contributed by atoms with Crippen molar-refractivity contribution in [3.05, 3.63) is 35.4 Å². The third kappa shape index (κ3) is 5.29. The summed E-state index contributed by atoms with van der Waals surface area (Å²) in [6, 6.07) is 8.55. The van der Waals surface area contributed by atoms with Crippen LogP contribution in [-0.2, 0) is 15.8 Å². The number of rotatable bonds is 7. The van der Waals surface area contributed by atoms with E-state index in [9.17, 15) is 13.5 Å². The average molecular weight is 296 g/mol. The van der Waals surface area contributed by atoms with Gasteiger partial charge in [0.1, 0.15) is 0 Å². The van der Waals surface area contributed by atoms with Gasteiger partial charge in [-0.15, -0.1) is 0 Å². The highest BCUT2D eigenvalue weighted by atomic mass is 32.2. The molecule has 20 heavy (non-hydrogen) atoms. The topological polar surface area (TPSA) is 90.2 Å². The van der Waals surface area contributed by atoms with Crippen LogP contribution in [0.4, 0.5) is 0 Å². The van der Waals surface area contributed by atoms with E-state index in [4.69, 9.17) is 5.26 Å². The molecule has 0 radical (unpaired) electrons. The Morgan fingerprint density at radius 3 is 2.65 bits per heavy atom. The second-order valence-electron chi connectivity index (χ2n) is 5.10. The number of nitrogens with one attached hydrogen (secondary N) is 1. The van der Waals surface area contributed by atoms with Gasteiger partial charge in [-0.05, 0) is 25.0 Å². The summed E-state index contributed by atoms with van der Waals surface area (Å²) in [6.45, 7) is 3.49. The summed E-state index contributed by atoms with van der Waals surface area (Å²) in [7, 11) is -3.58. The average Bonchev–Trinajstić information content (AvgIpc) is 2.37. The molecule has 6 heteroatoms. The Labute approximate surface area is 120 Å². The van der Waals surface area contributed by atoms with E-state index in [1.54, 1.807) is 31.2 Å². The molecule has 2 N–H and O–H groups in total. The first-order valence-corrected chi connectivity index (χ1v) is 8.12. The molecule has 0 saturated carbocycles. The maximum absolute atomic E-state index is 12.0. The Morgan fingerprint density at radius 2 is 2.05 bits per heavy atom. The van der Waals surface area contributed by atoms with Gasteiger partial charge in [-0.3, -0.25) is 0 Å². The molecule has 0 amide bonds. The highest BCUT2D eigenvalue weighted by molar-refractivity contribution is 7.88. The van der Waals surface area contributed by atoms with Crippen LogP contribution >= 0.6 is 0 Å². The van der Waals surface area contributed by atoms with Gasteiger partial charge in [0.2, 0.25) is 10.0 Å². The largest absolute Gasteiger partial charge is 0.389 e. The third-order valence-electron chi connectivity index (χ3n) is 2.94. The molecule has 0 saturated heterocycles. The van der Waals surface area contributed by atoms with Gasteiger partial charge < -0.3 is 5.11 Å². The van der Waals surface area contributed by atoms with Crippen LogP contribution in [0.15, 0.2) is 24.3 Å². The Morgan fingerprint density at radius 1 is 1.40 bits per heavy atom. The molecule has 0 aliphatic heterocycles. The predicted molar refractivity (Wildman–Crippen MR) is 77.3 cm³/mol. The molecule has 0 aliphatic rings. The zero-order chi connectivity index (χ0) is 15.2. The Kier molecular flexibility index (Phi) is 5.69. The van der Waals surface area contributed by atoms with Crippen molar-refractivity contribution in [1.29, 1.82) is 5.26 Å². The van der Waals surface area contributed by atoms with Gasteiger partial charge in [0.15, 0.2) is 0 Å². The van der Waals surface area contributed by atoms with E-state index < -0.39 is 15.6 Å². The first-order valence-electron chi connectivity index (χ1n) is 6.47. The highest BCUT2D eigenvalue weighted by Crippen LogP contribution is 2.13. The molecule has 1 unspecified atom stereocenters. The van der Waals surface area contributed by atoms with E-state index >= 15 is 0 Å². The molecule has 0 aromatic heterocycles. The van der Waals surface area contributed by atoms with Crippen molar-refractivity contribution in [3.8, 4) is 6.07 Å². The van der Waals surface area contributed by atoms with Crippen molar-refractivity contribution < 1.29 is 13.5 Å². The molecule has 0 aliphatic carbocycles. The van der Waals surface area contributed by atoms with E-state index in [1.165, 1.54) is 0 Å². The van der Waals surface area contributed by atoms with Gasteiger partial charge in [-0.1, -0.05) is 31.5 Å². The van der Waals surface area contributed by atoms with Crippen LogP contribution in [0.1, 0.15) is 37.8 Å². The van der Waals surface area contributed by atoms with Crippen LogP contribution in [0.25, 0.3) is 0 Å². The fourth-order valence-electron chi connectivity index (χ4n) is 1.90. The summed E-state index contributed by atoms with van der Waals surface area (Å²) in [5, 5.41) is 18.9. The summed E-state index contributed by atoms with van der Waals surface area (Å²) >= 11 is 0. The molecule has 5 nitrogen and oxygen atoms in total. The Bertz CT molecular complexity index is 589. The van der Waals surface area contributed by atoms with Crippen molar-refractivity contribution in [2.45, 2.75) is 38.0 Å². The lowest BCUT2D eigenvalue weighted by atomic mass is 10.0. The minimum Gasteiger partial charge on any atom is -0.389 e. The van der Waals surface area contributed by atoms with Gasteiger partial charge in [0.05, 0.1) is 23.0 Å². The van der Waals surface area contributed by atoms with E-state index in [2.05, 4.69) is 4.72 Å². The summed E-state index contributed by atoms with van der Waals surface area (Å²) in [6.07, 6.45) is 1.29. The summed E-state index contributed by atoms with van der Waals surface area (Å²) in [5.41, 5.74) is -0.257. The molecule has 1 rings (SSSR count). The summed E-state index contributed by atoms with van der Waals surface area (Å²) in [4.78, 5) is 0. The number of nitrogens with zero attached hydrogens (tertiary/aromatic N) is 1. The molecule has 110 valence electrons. The van der Waals surface area contributed by atoms with Crippen LogP contribution in [0.3, 0.4) is 0 Å². The fourth-order valence-corrected chi connectivity index (χ4v) is 3.20. The van der Waals surface area contributed by atoms with Crippen LogP contribution < -0.4 is 4.72 Å². The lowest BCUT2D eigenvalue weighted by Gasteiger charge is -2.22. The predicted octanol–water partition coefficient (Wildman–Crippen LogP) is 1.53. The quantitative estimate of drug-likeness (QED) is 0.798. The first-order chi connectivity index (χ1) is 9.29. The molecule has 0 bridgehead atoms. The van der Waals surface area contributed by atoms with E-state index in [-0.39, 0.29) is 12.3 Å². The van der Waals surface area contributed by atoms with Gasteiger partial charge in [-0.2, -0.15) is 5.26 Å². The van der Waals surface area contributed by atoms with Crippen molar-refractivity contribution in [3.63, 3.8) is 0 Å². The van der Waals surface area contributed by atoms with Crippen LogP contribution in [0.5, 0.6) is 0 Å². The second-order valence-corrected chi connectivity index (χ2v) is 6.90. The maximum Gasteiger partial charge on any atom is 0.215 e. The molecule has 1 aromatic carbocycles. The van der Waals surface area contributed by atoms with Crippen molar-refractivity contribution in [2.75, 3.05) is 6.54 Å². The number of nitriles is 1. The molecule has 0 spiro atoms. The zero-order valence-corrected chi connectivity index (χ0v) is 12.6. The van der Waals surface area contributed by atoms with Gasteiger partial charge >= 0.3 is 0 Å². The summed E-state index contributed by atoms with van der Waals surface area (Å²) < 4.78 is 26.4. The SMILES string of the molecule is CCCC(C)(O)CNS(=O)(=O)Cc1ccccc1C#N. The van der Waals surface area contributed by atoms with Crippen LogP contribution in [-0.4, -0.2) is 25.7 Å². The third-order valence-corrected chi connectivity index (χ3v) is 4.22. The smallest absolute Gasteiger partial charge is 0.215 e. The molecule has 1 aromatic rings. The first kappa shape index (κ1) is 16.6. The Balaban J connectivity index is 2.74. The van der Waals surface area contributed by atoms with E-state index in [0.717, 1.165) is 6.42 Å². The standard InChI is InChI=1S/C14H20N2O3S/c1-3-8-14(2,17)11-16-20(18,19)10-13-7-5-4-6-12(13)9-15/h4-7,16-17H,3,8,10-11H2,1-2H3. The second kappa shape index (κ2) is 6.84. The molecular formula is C14H20N2O3S. The van der Waals surface area contributed by atoms with Crippen molar-refractivity contribution in [2.24, 2.45) is 0 Å². The van der Waals surface area contributed by atoms with Crippen molar-refractivity contribution >= 4 is 10.0 Å². The highest BCUT2D eigenvalue weighted by Gasteiger charge is 2.22. The number of sulfonamides is 1. The lowest BCUT2D eigenvalue weighted by molar-refractivity contribution is 0.0554.